The zero-order chi connectivity index (χ0) is 25.9. The van der Waals surface area contributed by atoms with Gasteiger partial charge in [0.05, 0.1) is 38.4 Å². The van der Waals surface area contributed by atoms with Crippen molar-refractivity contribution >= 4 is 45.8 Å². The molecule has 1 fully saturated rings. The number of hydrogen-bond donors (Lipinski definition) is 1. The monoisotopic (exact) mass is 535 g/mol. The quantitative estimate of drug-likeness (QED) is 0.454. The lowest BCUT2D eigenvalue weighted by atomic mass is 10.1. The largest absolute Gasteiger partial charge is 0.352 e. The Balaban J connectivity index is 1.41. The Labute approximate surface area is 222 Å². The maximum Gasteiger partial charge on any atom is 0.259 e. The highest BCUT2D eigenvalue weighted by Gasteiger charge is 2.31. The van der Waals surface area contributed by atoms with Gasteiger partial charge in [-0.05, 0) is 60.9 Å². The fourth-order valence-electron chi connectivity index (χ4n) is 4.65. The molecule has 9 heteroatoms. The van der Waals surface area contributed by atoms with Crippen molar-refractivity contribution in [3.05, 3.63) is 88.4 Å². The molecule has 1 saturated heterocycles. The summed E-state index contributed by atoms with van der Waals surface area (Å²) in [6, 6.07) is 19.0. The van der Waals surface area contributed by atoms with Crippen molar-refractivity contribution in [1.82, 2.24) is 10.2 Å². The predicted molar refractivity (Wildman–Crippen MR) is 142 cm³/mol. The van der Waals surface area contributed by atoms with Crippen LogP contribution in [0.2, 0.25) is 5.02 Å². The van der Waals surface area contributed by atoms with Gasteiger partial charge in [0.1, 0.15) is 0 Å². The highest BCUT2D eigenvalue weighted by atomic mass is 35.5. The van der Waals surface area contributed by atoms with E-state index in [4.69, 9.17) is 11.6 Å². The third-order valence-electron chi connectivity index (χ3n) is 6.59. The van der Waals surface area contributed by atoms with Crippen LogP contribution in [0.15, 0.2) is 76.5 Å². The second kappa shape index (κ2) is 10.9. The van der Waals surface area contributed by atoms with Gasteiger partial charge < -0.3 is 15.1 Å². The van der Waals surface area contributed by atoms with Crippen molar-refractivity contribution in [3.8, 4) is 0 Å². The summed E-state index contributed by atoms with van der Waals surface area (Å²) in [6.45, 7) is 2.03. The number of amides is 3. The first-order valence-corrected chi connectivity index (χ1v) is 13.7. The molecule has 2 heterocycles. The first-order chi connectivity index (χ1) is 17.9. The number of halogens is 1. The second-order valence-electron chi connectivity index (χ2n) is 9.06. The fraction of sp³-hybridized carbons (Fsp3) is 0.250. The standard InChI is InChI=1S/C28H26ClN3O4S/c29-21-11-8-19(9-12-21)18-32-23-17-20(27(34)30-14-4-16-31-15-3-7-26(31)33)10-13-25(23)37(36)24-6-2-1-5-22(24)28(32)35/h1-2,5-6,8-13,17H,3-4,7,14-16,18H2,(H,30,34)/t37-/m0/s1. The van der Waals surface area contributed by atoms with Crippen LogP contribution in [0.25, 0.3) is 0 Å². The Morgan fingerprint density at radius 1 is 1.00 bits per heavy atom. The van der Waals surface area contributed by atoms with Gasteiger partial charge in [-0.1, -0.05) is 35.9 Å². The van der Waals surface area contributed by atoms with Crippen molar-refractivity contribution in [1.29, 1.82) is 0 Å². The molecule has 0 radical (unpaired) electrons. The Morgan fingerprint density at radius 2 is 1.78 bits per heavy atom. The number of carbonyl (C=O) groups is 3. The molecule has 2 aliphatic heterocycles. The molecule has 190 valence electrons. The molecule has 7 nitrogen and oxygen atoms in total. The number of benzene rings is 3. The Kier molecular flexibility index (Phi) is 7.39. The maximum absolute atomic E-state index is 13.7. The molecule has 1 N–H and O–H groups in total. The molecule has 37 heavy (non-hydrogen) atoms. The first kappa shape index (κ1) is 25.2. The van der Waals surface area contributed by atoms with Crippen LogP contribution in [0.5, 0.6) is 0 Å². The lowest BCUT2D eigenvalue weighted by Gasteiger charge is -2.23. The van der Waals surface area contributed by atoms with Crippen molar-refractivity contribution in [2.45, 2.75) is 35.6 Å². The molecule has 3 aromatic carbocycles. The summed E-state index contributed by atoms with van der Waals surface area (Å²) < 4.78 is 13.5. The normalized spacial score (nSPS) is 16.8. The molecule has 5 rings (SSSR count). The highest BCUT2D eigenvalue weighted by Crippen LogP contribution is 2.36. The molecule has 0 spiro atoms. The number of nitrogens with zero attached hydrogens (tertiary/aromatic N) is 2. The summed E-state index contributed by atoms with van der Waals surface area (Å²) in [7, 11) is -1.60. The predicted octanol–water partition coefficient (Wildman–Crippen LogP) is 4.41. The van der Waals surface area contributed by atoms with E-state index < -0.39 is 10.8 Å². The Bertz CT molecular complexity index is 1390. The van der Waals surface area contributed by atoms with Crippen LogP contribution in [-0.4, -0.2) is 46.5 Å². The minimum absolute atomic E-state index is 0.163. The van der Waals surface area contributed by atoms with E-state index in [1.54, 1.807) is 59.5 Å². The van der Waals surface area contributed by atoms with Gasteiger partial charge in [-0.3, -0.25) is 14.4 Å². The molecule has 0 saturated carbocycles. The van der Waals surface area contributed by atoms with Crippen LogP contribution in [0.1, 0.15) is 45.5 Å². The number of hydrogen-bond acceptors (Lipinski definition) is 4. The molecule has 3 amide bonds. The van der Waals surface area contributed by atoms with Crippen LogP contribution < -0.4 is 10.2 Å². The topological polar surface area (TPSA) is 86.8 Å². The zero-order valence-corrected chi connectivity index (χ0v) is 21.7. The minimum Gasteiger partial charge on any atom is -0.352 e. The van der Waals surface area contributed by atoms with Crippen molar-refractivity contribution in [3.63, 3.8) is 0 Å². The molecule has 1 atom stereocenters. The summed E-state index contributed by atoms with van der Waals surface area (Å²) in [4.78, 5) is 42.7. The van der Waals surface area contributed by atoms with Gasteiger partial charge in [-0.2, -0.15) is 0 Å². The molecule has 0 unspecified atom stereocenters. The molecule has 3 aromatic rings. The van der Waals surface area contributed by atoms with Gasteiger partial charge in [0.15, 0.2) is 0 Å². The number of likely N-dealkylation sites (tertiary alicyclic amines) is 1. The first-order valence-electron chi connectivity index (χ1n) is 12.2. The summed E-state index contributed by atoms with van der Waals surface area (Å²) in [5.41, 5.74) is 2.02. The molecule has 0 bridgehead atoms. The SMILES string of the molecule is O=C(NCCCN1CCCC1=O)c1ccc2c(c1)N(Cc1ccc(Cl)cc1)C(=O)c1ccccc1[S@@]2=O. The van der Waals surface area contributed by atoms with E-state index in [1.807, 2.05) is 17.0 Å². The van der Waals surface area contributed by atoms with Crippen molar-refractivity contribution in [2.75, 3.05) is 24.5 Å². The van der Waals surface area contributed by atoms with Gasteiger partial charge in [-0.15, -0.1) is 0 Å². The lowest BCUT2D eigenvalue weighted by Crippen LogP contribution is -2.32. The van der Waals surface area contributed by atoms with E-state index in [9.17, 15) is 18.6 Å². The summed E-state index contributed by atoms with van der Waals surface area (Å²) in [5.74, 6) is -0.413. The van der Waals surface area contributed by atoms with Crippen LogP contribution >= 0.6 is 11.6 Å². The highest BCUT2D eigenvalue weighted by molar-refractivity contribution is 7.85. The average Bonchev–Trinajstić information content (AvgIpc) is 3.30. The van der Waals surface area contributed by atoms with E-state index in [0.717, 1.165) is 18.5 Å². The van der Waals surface area contributed by atoms with Gasteiger partial charge in [0, 0.05) is 36.6 Å². The van der Waals surface area contributed by atoms with Crippen molar-refractivity contribution in [2.24, 2.45) is 0 Å². The molecular weight excluding hydrogens is 510 g/mol. The van der Waals surface area contributed by atoms with E-state index in [1.165, 1.54) is 0 Å². The second-order valence-corrected chi connectivity index (χ2v) is 10.9. The van der Waals surface area contributed by atoms with Gasteiger partial charge in [0.25, 0.3) is 11.8 Å². The van der Waals surface area contributed by atoms with E-state index in [2.05, 4.69) is 5.32 Å². The van der Waals surface area contributed by atoms with Gasteiger partial charge in [0.2, 0.25) is 5.91 Å². The van der Waals surface area contributed by atoms with Gasteiger partial charge in [-0.25, -0.2) is 4.21 Å². The van der Waals surface area contributed by atoms with Crippen LogP contribution in [0.4, 0.5) is 5.69 Å². The number of nitrogens with one attached hydrogen (secondary N) is 1. The van der Waals surface area contributed by atoms with Crippen molar-refractivity contribution < 1.29 is 18.6 Å². The number of rotatable bonds is 7. The van der Waals surface area contributed by atoms with Gasteiger partial charge >= 0.3 is 0 Å². The molecule has 0 aromatic heterocycles. The smallest absolute Gasteiger partial charge is 0.259 e. The maximum atomic E-state index is 13.7. The molecule has 0 aliphatic carbocycles. The van der Waals surface area contributed by atoms with E-state index >= 15 is 0 Å². The lowest BCUT2D eigenvalue weighted by molar-refractivity contribution is -0.127. The fourth-order valence-corrected chi connectivity index (χ4v) is 6.12. The minimum atomic E-state index is -1.60. The molecule has 2 aliphatic rings. The third kappa shape index (κ3) is 5.31. The molecular formula is C28H26ClN3O4S. The van der Waals surface area contributed by atoms with E-state index in [0.29, 0.717) is 57.6 Å². The number of fused-ring (bicyclic) bond motifs is 2. The Hall–Kier alpha value is -3.49. The number of anilines is 1. The summed E-state index contributed by atoms with van der Waals surface area (Å²) >= 11 is 6.04. The van der Waals surface area contributed by atoms with Crippen LogP contribution in [0, 0.1) is 0 Å². The van der Waals surface area contributed by atoms with E-state index in [-0.39, 0.29) is 24.3 Å². The van der Waals surface area contributed by atoms with Crippen LogP contribution in [0.3, 0.4) is 0 Å². The Morgan fingerprint density at radius 3 is 2.54 bits per heavy atom. The summed E-state index contributed by atoms with van der Waals surface area (Å²) in [5, 5.41) is 3.49. The summed E-state index contributed by atoms with van der Waals surface area (Å²) in [6.07, 6.45) is 2.14. The third-order valence-corrected chi connectivity index (χ3v) is 8.34. The van der Waals surface area contributed by atoms with Crippen LogP contribution in [-0.2, 0) is 22.1 Å². The average molecular weight is 536 g/mol. The number of carbonyl (C=O) groups excluding carboxylic acids is 3. The zero-order valence-electron chi connectivity index (χ0n) is 20.1.